The van der Waals surface area contributed by atoms with Crippen molar-refractivity contribution in [2.45, 2.75) is 23.8 Å². The lowest BCUT2D eigenvalue weighted by atomic mass is 10.1. The molecule has 0 aromatic heterocycles. The summed E-state index contributed by atoms with van der Waals surface area (Å²) in [5.41, 5.74) is 6.20. The van der Waals surface area contributed by atoms with Crippen LogP contribution >= 0.6 is 15.9 Å². The maximum Gasteiger partial charge on any atom is 0.243 e. The van der Waals surface area contributed by atoms with Gasteiger partial charge in [0.25, 0.3) is 0 Å². The number of halogens is 1. The number of nitrogen functional groups attached to an aromatic ring is 1. The topological polar surface area (TPSA) is 72.6 Å². The van der Waals surface area contributed by atoms with Gasteiger partial charge in [0.2, 0.25) is 10.0 Å². The molecule has 1 fully saturated rings. The second-order valence-electron chi connectivity index (χ2n) is 4.55. The van der Waals surface area contributed by atoms with Crippen molar-refractivity contribution in [3.05, 3.63) is 22.7 Å². The average molecular weight is 349 g/mol. The number of anilines is 1. The van der Waals surface area contributed by atoms with Crippen molar-refractivity contribution in [1.82, 2.24) is 4.31 Å². The Balaban J connectivity index is 2.27. The summed E-state index contributed by atoms with van der Waals surface area (Å²) in [5, 5.41) is 0. The van der Waals surface area contributed by atoms with Crippen LogP contribution in [0.2, 0.25) is 0 Å². The van der Waals surface area contributed by atoms with Gasteiger partial charge in [-0.25, -0.2) is 8.42 Å². The lowest BCUT2D eigenvalue weighted by molar-refractivity contribution is 0.0632. The number of rotatable bonds is 3. The summed E-state index contributed by atoms with van der Waals surface area (Å²) < 4.78 is 32.3. The third kappa shape index (κ3) is 3.10. The number of sulfonamides is 1. The SMILES string of the molecule is CN(C1CCOCC1)S(=O)(=O)c1ccc(N)c(Br)c1. The van der Waals surface area contributed by atoms with Gasteiger partial charge in [0.15, 0.2) is 0 Å². The zero-order valence-corrected chi connectivity index (χ0v) is 13.1. The van der Waals surface area contributed by atoms with Gasteiger partial charge < -0.3 is 10.5 Å². The Morgan fingerprint density at radius 2 is 2.00 bits per heavy atom. The number of hydrogen-bond acceptors (Lipinski definition) is 4. The van der Waals surface area contributed by atoms with E-state index in [9.17, 15) is 8.42 Å². The highest BCUT2D eigenvalue weighted by atomic mass is 79.9. The summed E-state index contributed by atoms with van der Waals surface area (Å²) >= 11 is 3.26. The maximum absolute atomic E-state index is 12.5. The van der Waals surface area contributed by atoms with Crippen LogP contribution in [0.1, 0.15) is 12.8 Å². The number of hydrogen-bond donors (Lipinski definition) is 1. The number of ether oxygens (including phenoxy) is 1. The summed E-state index contributed by atoms with van der Waals surface area (Å²) in [6, 6.07) is 4.66. The van der Waals surface area contributed by atoms with Gasteiger partial charge in [0.1, 0.15) is 0 Å². The lowest BCUT2D eigenvalue weighted by Crippen LogP contribution is -2.40. The molecule has 1 saturated heterocycles. The highest BCUT2D eigenvalue weighted by molar-refractivity contribution is 9.10. The fourth-order valence-corrected chi connectivity index (χ4v) is 4.05. The van der Waals surface area contributed by atoms with Gasteiger partial charge in [0, 0.05) is 36.5 Å². The third-order valence-electron chi connectivity index (χ3n) is 3.35. The molecule has 2 N–H and O–H groups in total. The minimum absolute atomic E-state index is 0.00456. The summed E-state index contributed by atoms with van der Waals surface area (Å²) in [6.45, 7) is 1.21. The van der Waals surface area contributed by atoms with Crippen LogP contribution in [0.4, 0.5) is 5.69 Å². The molecular weight excluding hydrogens is 332 g/mol. The van der Waals surface area contributed by atoms with E-state index in [1.807, 2.05) is 0 Å². The first-order valence-corrected chi connectivity index (χ1v) is 8.27. The van der Waals surface area contributed by atoms with Gasteiger partial charge in [-0.15, -0.1) is 0 Å². The highest BCUT2D eigenvalue weighted by Crippen LogP contribution is 2.27. The van der Waals surface area contributed by atoms with Crippen molar-refractivity contribution in [2.24, 2.45) is 0 Å². The largest absolute Gasteiger partial charge is 0.398 e. The molecule has 0 bridgehead atoms. The van der Waals surface area contributed by atoms with Gasteiger partial charge in [-0.3, -0.25) is 0 Å². The second kappa shape index (κ2) is 5.78. The van der Waals surface area contributed by atoms with E-state index >= 15 is 0 Å². The Labute approximate surface area is 121 Å². The van der Waals surface area contributed by atoms with E-state index in [1.54, 1.807) is 19.2 Å². The molecule has 0 spiro atoms. The molecule has 0 unspecified atom stereocenters. The van der Waals surface area contributed by atoms with Crippen LogP contribution in [0.3, 0.4) is 0 Å². The smallest absolute Gasteiger partial charge is 0.243 e. The molecule has 5 nitrogen and oxygen atoms in total. The molecule has 106 valence electrons. The number of benzene rings is 1. The van der Waals surface area contributed by atoms with Crippen molar-refractivity contribution >= 4 is 31.6 Å². The van der Waals surface area contributed by atoms with Crippen LogP contribution in [-0.2, 0) is 14.8 Å². The van der Waals surface area contributed by atoms with Crippen LogP contribution in [0, 0.1) is 0 Å². The molecule has 7 heteroatoms. The van der Waals surface area contributed by atoms with Crippen molar-refractivity contribution < 1.29 is 13.2 Å². The van der Waals surface area contributed by atoms with E-state index < -0.39 is 10.0 Å². The van der Waals surface area contributed by atoms with Crippen LogP contribution in [0.15, 0.2) is 27.6 Å². The molecular formula is C12H17BrN2O3S. The fourth-order valence-electron chi connectivity index (χ4n) is 2.08. The standard InChI is InChI=1S/C12H17BrN2O3S/c1-15(9-4-6-18-7-5-9)19(16,17)10-2-3-12(14)11(13)8-10/h2-3,8-9H,4-7,14H2,1H3. The first kappa shape index (κ1) is 14.8. The average Bonchev–Trinajstić information content (AvgIpc) is 2.41. The molecule has 0 atom stereocenters. The molecule has 1 aromatic carbocycles. The van der Waals surface area contributed by atoms with E-state index in [-0.39, 0.29) is 10.9 Å². The predicted molar refractivity (Wildman–Crippen MR) is 77.3 cm³/mol. The Morgan fingerprint density at radius 3 is 2.58 bits per heavy atom. The zero-order chi connectivity index (χ0) is 14.0. The van der Waals surface area contributed by atoms with Crippen molar-refractivity contribution in [1.29, 1.82) is 0 Å². The monoisotopic (exact) mass is 348 g/mol. The quantitative estimate of drug-likeness (QED) is 0.845. The summed E-state index contributed by atoms with van der Waals surface area (Å²) in [6.07, 6.45) is 1.46. The van der Waals surface area contributed by atoms with E-state index in [1.165, 1.54) is 10.4 Å². The number of nitrogens with zero attached hydrogens (tertiary/aromatic N) is 1. The Morgan fingerprint density at radius 1 is 1.37 bits per heavy atom. The van der Waals surface area contributed by atoms with Gasteiger partial charge in [-0.05, 0) is 47.0 Å². The molecule has 1 aromatic rings. The van der Waals surface area contributed by atoms with Crippen LogP contribution in [0.5, 0.6) is 0 Å². The minimum atomic E-state index is -3.49. The third-order valence-corrected chi connectivity index (χ3v) is 5.95. The molecule has 0 amide bonds. The molecule has 0 saturated carbocycles. The summed E-state index contributed by atoms with van der Waals surface area (Å²) in [5.74, 6) is 0. The Bertz CT molecular complexity index is 556. The van der Waals surface area contributed by atoms with E-state index in [0.717, 1.165) is 12.8 Å². The van der Waals surface area contributed by atoms with Crippen LogP contribution in [-0.4, -0.2) is 39.0 Å². The molecule has 1 aliphatic rings. The Kier molecular flexibility index (Phi) is 4.50. The maximum atomic E-state index is 12.5. The van der Waals surface area contributed by atoms with E-state index in [0.29, 0.717) is 23.4 Å². The fraction of sp³-hybridized carbons (Fsp3) is 0.500. The first-order valence-electron chi connectivity index (χ1n) is 6.03. The summed E-state index contributed by atoms with van der Waals surface area (Å²) in [4.78, 5) is 0.252. The van der Waals surface area contributed by atoms with E-state index in [2.05, 4.69) is 15.9 Å². The molecule has 0 radical (unpaired) electrons. The Hall–Kier alpha value is -0.630. The van der Waals surface area contributed by atoms with Crippen molar-refractivity contribution in [3.8, 4) is 0 Å². The number of nitrogens with two attached hydrogens (primary N) is 1. The molecule has 1 aliphatic heterocycles. The van der Waals surface area contributed by atoms with Gasteiger partial charge in [-0.1, -0.05) is 0 Å². The van der Waals surface area contributed by atoms with Gasteiger partial charge in [0.05, 0.1) is 4.90 Å². The van der Waals surface area contributed by atoms with E-state index in [4.69, 9.17) is 10.5 Å². The molecule has 0 aliphatic carbocycles. The predicted octanol–water partition coefficient (Wildman–Crippen LogP) is 1.83. The normalized spacial score (nSPS) is 17.8. The second-order valence-corrected chi connectivity index (χ2v) is 7.40. The highest BCUT2D eigenvalue weighted by Gasteiger charge is 2.29. The molecule has 19 heavy (non-hydrogen) atoms. The van der Waals surface area contributed by atoms with Gasteiger partial charge >= 0.3 is 0 Å². The lowest BCUT2D eigenvalue weighted by Gasteiger charge is -2.30. The van der Waals surface area contributed by atoms with Crippen LogP contribution < -0.4 is 5.73 Å². The minimum Gasteiger partial charge on any atom is -0.398 e. The van der Waals surface area contributed by atoms with Crippen molar-refractivity contribution in [2.75, 3.05) is 26.0 Å². The zero-order valence-electron chi connectivity index (χ0n) is 10.7. The van der Waals surface area contributed by atoms with Crippen molar-refractivity contribution in [3.63, 3.8) is 0 Å². The van der Waals surface area contributed by atoms with Crippen LogP contribution in [0.25, 0.3) is 0 Å². The summed E-state index contributed by atoms with van der Waals surface area (Å²) in [7, 11) is -1.87. The first-order chi connectivity index (χ1) is 8.93. The molecule has 2 rings (SSSR count). The molecule has 1 heterocycles. The van der Waals surface area contributed by atoms with Gasteiger partial charge in [-0.2, -0.15) is 4.31 Å².